The van der Waals surface area contributed by atoms with Gasteiger partial charge in [0, 0.05) is 37.6 Å². The van der Waals surface area contributed by atoms with E-state index in [0.717, 1.165) is 60.6 Å². The summed E-state index contributed by atoms with van der Waals surface area (Å²) in [5.41, 5.74) is 21.9. The van der Waals surface area contributed by atoms with Crippen molar-refractivity contribution in [2.24, 2.45) is 5.92 Å². The number of allylic oxidation sites excluding steroid dienone is 7. The molecule has 0 fully saturated rings. The largest absolute Gasteiger partial charge is 0.453 e. The van der Waals surface area contributed by atoms with E-state index >= 15 is 0 Å². The third-order valence-electron chi connectivity index (χ3n) is 17.4. The molecular formula is C68H72BN3OS. The van der Waals surface area contributed by atoms with Gasteiger partial charge in [0.2, 0.25) is 0 Å². The Balaban J connectivity index is 1.25. The van der Waals surface area contributed by atoms with Gasteiger partial charge in [0.05, 0.1) is 28.8 Å². The summed E-state index contributed by atoms with van der Waals surface area (Å²) in [4.78, 5) is 7.86. The van der Waals surface area contributed by atoms with E-state index < -0.39 is 0 Å². The Hall–Kier alpha value is -6.50. The van der Waals surface area contributed by atoms with Crippen LogP contribution in [0.3, 0.4) is 0 Å². The molecule has 3 aliphatic heterocycles. The zero-order valence-corrected chi connectivity index (χ0v) is 46.4. The van der Waals surface area contributed by atoms with Crippen molar-refractivity contribution in [3.8, 4) is 5.75 Å². The minimum absolute atomic E-state index is 0.00534. The van der Waals surface area contributed by atoms with E-state index in [2.05, 4.69) is 225 Å². The number of anilines is 7. The van der Waals surface area contributed by atoms with E-state index in [-0.39, 0.29) is 29.0 Å². The maximum absolute atomic E-state index is 6.64. The number of benzene rings is 5. The molecule has 374 valence electrons. The molecule has 0 saturated carbocycles. The highest BCUT2D eigenvalue weighted by molar-refractivity contribution is 7.33. The van der Waals surface area contributed by atoms with Crippen molar-refractivity contribution < 1.29 is 4.74 Å². The highest BCUT2D eigenvalue weighted by Gasteiger charge is 2.50. The van der Waals surface area contributed by atoms with Crippen LogP contribution in [-0.4, -0.2) is 12.8 Å². The topological polar surface area (TPSA) is 19.0 Å². The van der Waals surface area contributed by atoms with Crippen molar-refractivity contribution in [2.45, 2.75) is 136 Å². The van der Waals surface area contributed by atoms with Crippen LogP contribution in [0.2, 0.25) is 0 Å². The van der Waals surface area contributed by atoms with E-state index in [1.54, 1.807) is 0 Å². The fourth-order valence-electron chi connectivity index (χ4n) is 13.0. The van der Waals surface area contributed by atoms with Gasteiger partial charge in [-0.3, -0.25) is 0 Å². The number of rotatable bonds is 8. The molecule has 4 heterocycles. The van der Waals surface area contributed by atoms with Gasteiger partial charge < -0.3 is 19.4 Å². The molecule has 0 amide bonds. The van der Waals surface area contributed by atoms with Crippen LogP contribution in [0.4, 0.5) is 39.8 Å². The molecule has 0 saturated heterocycles. The lowest BCUT2D eigenvalue weighted by molar-refractivity contribution is 0.332. The van der Waals surface area contributed by atoms with Crippen LogP contribution in [0.1, 0.15) is 136 Å². The standard InChI is InChI=1S/C68H72BN3OS/c1-14-54-60(15-2)73-61-24-20-19-23-56(61)70(54)48-37-58-63-59(38-48)72(55-31-27-45(42(5)6)35-49(55)44-21-17-16-18-22-44)57-40-52-51(67(10,11)33-34-68(52,12)13)39-53(57)69(63)65-64(71(58)47-29-25-43(26-30-47)41(3)4)50-36-46(66(7,8)9)28-32-62(50)74-65/h14-17,19-21,23-30,32,35-42,55H,1-2,18,22,31,33-34H2,3-13H3. The van der Waals surface area contributed by atoms with E-state index in [1.165, 1.54) is 87.5 Å². The molecule has 1 atom stereocenters. The van der Waals surface area contributed by atoms with E-state index in [9.17, 15) is 0 Å². The highest BCUT2D eigenvalue weighted by Crippen LogP contribution is 2.54. The van der Waals surface area contributed by atoms with Crippen LogP contribution < -0.4 is 35.1 Å². The van der Waals surface area contributed by atoms with Gasteiger partial charge in [-0.25, -0.2) is 0 Å². The predicted octanol–water partition coefficient (Wildman–Crippen LogP) is 17.1. The average Bonchev–Trinajstić information content (AvgIpc) is 3.82. The van der Waals surface area contributed by atoms with Crippen LogP contribution in [0.25, 0.3) is 10.1 Å². The fourth-order valence-corrected chi connectivity index (χ4v) is 14.3. The Morgan fingerprint density at radius 2 is 1.50 bits per heavy atom. The van der Waals surface area contributed by atoms with Crippen molar-refractivity contribution in [2.75, 3.05) is 14.7 Å². The smallest absolute Gasteiger partial charge is 0.264 e. The maximum atomic E-state index is 6.64. The molecule has 1 aromatic heterocycles. The summed E-state index contributed by atoms with van der Waals surface area (Å²) in [6.45, 7) is 35.0. The third-order valence-corrected chi connectivity index (χ3v) is 18.6. The number of hydrogen-bond acceptors (Lipinski definition) is 5. The maximum Gasteiger partial charge on any atom is 0.264 e. The summed E-state index contributed by atoms with van der Waals surface area (Å²) in [5.74, 6) is 2.30. The van der Waals surface area contributed by atoms with Gasteiger partial charge in [-0.2, -0.15) is 0 Å². The Kier molecular flexibility index (Phi) is 11.5. The number of thiophene rings is 1. The highest BCUT2D eigenvalue weighted by atomic mass is 32.1. The molecule has 0 radical (unpaired) electrons. The first kappa shape index (κ1) is 48.4. The molecule has 12 rings (SSSR count). The van der Waals surface area contributed by atoms with Gasteiger partial charge in [-0.05, 0) is 177 Å². The van der Waals surface area contributed by atoms with Crippen LogP contribution in [-0.2, 0) is 16.2 Å². The van der Waals surface area contributed by atoms with Crippen molar-refractivity contribution in [3.63, 3.8) is 0 Å². The lowest BCUT2D eigenvalue weighted by Gasteiger charge is -2.49. The zero-order valence-electron chi connectivity index (χ0n) is 45.6. The number of nitrogens with zero attached hydrogens (tertiary/aromatic N) is 3. The number of fused-ring (bicyclic) bond motifs is 8. The number of ether oxygens (including phenoxy) is 1. The molecule has 0 spiro atoms. The van der Waals surface area contributed by atoms with Gasteiger partial charge in [-0.1, -0.05) is 156 Å². The Bertz CT molecular complexity index is 3510. The summed E-state index contributed by atoms with van der Waals surface area (Å²) in [6.07, 6.45) is 21.2. The second kappa shape index (κ2) is 17.6. The van der Waals surface area contributed by atoms with E-state index in [1.807, 2.05) is 23.5 Å². The van der Waals surface area contributed by atoms with Crippen molar-refractivity contribution in [1.29, 1.82) is 0 Å². The normalized spacial score (nSPS) is 19.3. The molecule has 5 aromatic carbocycles. The molecular weight excluding hydrogens is 918 g/mol. The summed E-state index contributed by atoms with van der Waals surface area (Å²) in [7, 11) is 0. The summed E-state index contributed by atoms with van der Waals surface area (Å²) >= 11 is 2.00. The number of para-hydroxylation sites is 2. The Labute approximate surface area is 445 Å². The van der Waals surface area contributed by atoms with Gasteiger partial charge in [0.25, 0.3) is 6.71 Å². The minimum atomic E-state index is -0.0340. The Morgan fingerprint density at radius 3 is 2.18 bits per heavy atom. The first-order chi connectivity index (χ1) is 35.4. The van der Waals surface area contributed by atoms with E-state index in [4.69, 9.17) is 4.74 Å². The molecule has 6 aromatic rings. The monoisotopic (exact) mass is 990 g/mol. The van der Waals surface area contributed by atoms with Crippen molar-refractivity contribution in [3.05, 3.63) is 197 Å². The van der Waals surface area contributed by atoms with Gasteiger partial charge in [-0.15, -0.1) is 11.3 Å². The lowest BCUT2D eigenvalue weighted by atomic mass is 9.35. The SMILES string of the molecule is C=CC1=C(C=C)N(c2cc3c4c(c2)N(C2CC=C(C(C)C)C=C2C2=CC=CCC2)c2cc5c(cc2B4c2sc4ccc(C(C)(C)C)cc4c2N3c2ccc(C(C)C)cc2)C(C)(C)CCC5(C)C)c2ccccc2O1. The lowest BCUT2D eigenvalue weighted by Crippen LogP contribution is -2.62. The predicted molar refractivity (Wildman–Crippen MR) is 320 cm³/mol. The van der Waals surface area contributed by atoms with Gasteiger partial charge in [0.1, 0.15) is 0 Å². The van der Waals surface area contributed by atoms with Crippen LogP contribution in [0.5, 0.6) is 5.75 Å². The molecule has 6 heteroatoms. The molecule has 0 N–H and O–H groups in total. The molecule has 4 nitrogen and oxygen atoms in total. The molecule has 0 bridgehead atoms. The fraction of sp³-hybridized carbons (Fsp3) is 0.324. The average molecular weight is 990 g/mol. The zero-order chi connectivity index (χ0) is 51.7. The van der Waals surface area contributed by atoms with Crippen molar-refractivity contribution >= 4 is 83.6 Å². The summed E-state index contributed by atoms with van der Waals surface area (Å²) < 4.78 is 9.37. The second-order valence-electron chi connectivity index (χ2n) is 24.7. The first-order valence-corrected chi connectivity index (χ1v) is 28.2. The molecule has 74 heavy (non-hydrogen) atoms. The van der Waals surface area contributed by atoms with Crippen molar-refractivity contribution in [1.82, 2.24) is 0 Å². The van der Waals surface area contributed by atoms with Gasteiger partial charge in [0.15, 0.2) is 11.5 Å². The van der Waals surface area contributed by atoms with Crippen LogP contribution in [0.15, 0.2) is 175 Å². The molecule has 6 aliphatic rings. The number of hydrogen-bond donors (Lipinski definition) is 0. The summed E-state index contributed by atoms with van der Waals surface area (Å²) in [6, 6.07) is 35.7. The van der Waals surface area contributed by atoms with Gasteiger partial charge >= 0.3 is 0 Å². The minimum Gasteiger partial charge on any atom is -0.453 e. The summed E-state index contributed by atoms with van der Waals surface area (Å²) in [5, 5.41) is 1.31. The van der Waals surface area contributed by atoms with Crippen LogP contribution >= 0.6 is 11.3 Å². The van der Waals surface area contributed by atoms with E-state index in [0.29, 0.717) is 17.6 Å². The Morgan fingerprint density at radius 1 is 0.770 bits per heavy atom. The molecule has 1 unspecified atom stereocenters. The quantitative estimate of drug-likeness (QED) is 0.141. The third kappa shape index (κ3) is 7.59. The van der Waals surface area contributed by atoms with Crippen LogP contribution in [0, 0.1) is 5.92 Å². The second-order valence-corrected chi connectivity index (χ2v) is 25.8. The first-order valence-electron chi connectivity index (χ1n) is 27.4. The molecule has 3 aliphatic carbocycles.